The van der Waals surface area contributed by atoms with Gasteiger partial charge in [-0.25, -0.2) is 14.4 Å². The van der Waals surface area contributed by atoms with Gasteiger partial charge in [0.15, 0.2) is 5.13 Å². The van der Waals surface area contributed by atoms with Gasteiger partial charge in [-0.3, -0.25) is 4.79 Å². The Morgan fingerprint density at radius 3 is 2.67 bits per heavy atom. The topological polar surface area (TPSA) is 49.3 Å². The van der Waals surface area contributed by atoms with E-state index in [1.807, 2.05) is 32.3 Å². The third-order valence-corrected chi connectivity index (χ3v) is 5.95. The van der Waals surface area contributed by atoms with Crippen molar-refractivity contribution in [2.75, 3.05) is 32.1 Å². The maximum atomic E-state index is 13.5. The number of anilines is 1. The number of hydrogen-bond acceptors (Lipinski definition) is 5. The summed E-state index contributed by atoms with van der Waals surface area (Å²) in [5.74, 6) is 0.0400. The fraction of sp³-hybridized carbons (Fsp3) is 0.350. The first kappa shape index (κ1) is 17.9. The van der Waals surface area contributed by atoms with Gasteiger partial charge in [-0.05, 0) is 37.1 Å². The number of benzene rings is 1. The molecule has 4 rings (SSSR count). The summed E-state index contributed by atoms with van der Waals surface area (Å²) in [6.45, 7) is 1.64. The summed E-state index contributed by atoms with van der Waals surface area (Å²) in [5.41, 5.74) is 2.35. The van der Waals surface area contributed by atoms with Crippen LogP contribution in [0.1, 0.15) is 12.8 Å². The monoisotopic (exact) mass is 384 g/mol. The maximum absolute atomic E-state index is 13.5. The minimum atomic E-state index is -0.269. The summed E-state index contributed by atoms with van der Waals surface area (Å²) >= 11 is 1.55. The molecule has 7 heteroatoms. The molecular weight excluding hydrogens is 363 g/mol. The number of carbonyl (C=O) groups excluding carboxylic acids is 1. The molecule has 1 aromatic carbocycles. The Morgan fingerprint density at radius 1 is 1.19 bits per heavy atom. The quantitative estimate of drug-likeness (QED) is 0.689. The van der Waals surface area contributed by atoms with Gasteiger partial charge in [0, 0.05) is 38.7 Å². The zero-order valence-corrected chi connectivity index (χ0v) is 16.2. The fourth-order valence-corrected chi connectivity index (χ4v) is 4.42. The van der Waals surface area contributed by atoms with Gasteiger partial charge < -0.3 is 9.80 Å². The van der Waals surface area contributed by atoms with Crippen LogP contribution in [0.15, 0.2) is 36.4 Å². The molecule has 3 heterocycles. The van der Waals surface area contributed by atoms with Gasteiger partial charge in [0.05, 0.1) is 5.69 Å². The predicted octanol–water partition coefficient (Wildman–Crippen LogP) is 3.80. The van der Waals surface area contributed by atoms with E-state index in [0.29, 0.717) is 0 Å². The first-order chi connectivity index (χ1) is 13.0. The molecule has 140 valence electrons. The third-order valence-electron chi connectivity index (χ3n) is 4.92. The van der Waals surface area contributed by atoms with Gasteiger partial charge in [0.2, 0.25) is 5.91 Å². The molecule has 0 N–H and O–H groups in total. The summed E-state index contributed by atoms with van der Waals surface area (Å²) < 4.78 is 13.5. The van der Waals surface area contributed by atoms with Crippen molar-refractivity contribution in [1.29, 1.82) is 0 Å². The average molecular weight is 384 g/mol. The van der Waals surface area contributed by atoms with E-state index >= 15 is 0 Å². The Bertz CT molecular complexity index is 979. The molecule has 27 heavy (non-hydrogen) atoms. The lowest BCUT2D eigenvalue weighted by Crippen LogP contribution is -2.40. The highest BCUT2D eigenvalue weighted by Crippen LogP contribution is 2.32. The zero-order chi connectivity index (χ0) is 19.0. The molecule has 0 atom stereocenters. The largest absolute Gasteiger partial charge is 0.349 e. The zero-order valence-electron chi connectivity index (χ0n) is 15.4. The van der Waals surface area contributed by atoms with Crippen molar-refractivity contribution < 1.29 is 9.18 Å². The second kappa shape index (κ2) is 7.23. The second-order valence-electron chi connectivity index (χ2n) is 7.02. The molecule has 1 aliphatic heterocycles. The summed E-state index contributed by atoms with van der Waals surface area (Å²) in [6.07, 6.45) is 1.68. The van der Waals surface area contributed by atoms with Gasteiger partial charge in [0.1, 0.15) is 16.2 Å². The van der Waals surface area contributed by atoms with Crippen LogP contribution in [-0.4, -0.2) is 48.0 Å². The highest BCUT2D eigenvalue weighted by Gasteiger charge is 2.27. The predicted molar refractivity (Wildman–Crippen MR) is 106 cm³/mol. The maximum Gasteiger partial charge on any atom is 0.225 e. The van der Waals surface area contributed by atoms with E-state index in [0.717, 1.165) is 52.7 Å². The molecule has 0 unspecified atom stereocenters. The molecule has 0 aliphatic carbocycles. The Morgan fingerprint density at radius 2 is 1.96 bits per heavy atom. The lowest BCUT2D eigenvalue weighted by molar-refractivity contribution is -0.133. The smallest absolute Gasteiger partial charge is 0.225 e. The van der Waals surface area contributed by atoms with Crippen LogP contribution in [0.25, 0.3) is 21.6 Å². The Kier molecular flexibility index (Phi) is 4.78. The molecule has 1 aliphatic rings. The first-order valence-electron chi connectivity index (χ1n) is 9.01. The number of rotatable bonds is 3. The number of nitrogens with zero attached hydrogens (tertiary/aromatic N) is 4. The van der Waals surface area contributed by atoms with Crippen molar-refractivity contribution in [2.24, 2.45) is 5.92 Å². The third kappa shape index (κ3) is 3.64. The minimum absolute atomic E-state index is 0.100. The van der Waals surface area contributed by atoms with Crippen LogP contribution < -0.4 is 4.90 Å². The van der Waals surface area contributed by atoms with Crippen LogP contribution in [0.4, 0.5) is 9.52 Å². The van der Waals surface area contributed by atoms with E-state index in [9.17, 15) is 9.18 Å². The first-order valence-corrected chi connectivity index (χ1v) is 9.82. The van der Waals surface area contributed by atoms with Crippen LogP contribution >= 0.6 is 11.3 Å². The van der Waals surface area contributed by atoms with Crippen LogP contribution in [0.2, 0.25) is 0 Å². The molecule has 0 radical (unpaired) electrons. The molecule has 5 nitrogen and oxygen atoms in total. The van der Waals surface area contributed by atoms with Gasteiger partial charge in [-0.2, -0.15) is 0 Å². The number of piperidine rings is 1. The SMILES string of the molecule is CN(C)C(=O)C1CCN(c2nc3ccc(-c4cccc(F)c4)nc3s2)CC1. The fourth-order valence-electron chi connectivity index (χ4n) is 3.43. The van der Waals surface area contributed by atoms with E-state index < -0.39 is 0 Å². The Labute approximate surface area is 161 Å². The van der Waals surface area contributed by atoms with Crippen molar-refractivity contribution >= 4 is 32.7 Å². The van der Waals surface area contributed by atoms with Crippen LogP contribution in [0, 0.1) is 11.7 Å². The van der Waals surface area contributed by atoms with Crippen molar-refractivity contribution in [3.63, 3.8) is 0 Å². The number of amides is 1. The van der Waals surface area contributed by atoms with E-state index in [1.165, 1.54) is 12.1 Å². The summed E-state index contributed by atoms with van der Waals surface area (Å²) in [4.78, 5) is 26.3. The van der Waals surface area contributed by atoms with Crippen molar-refractivity contribution in [3.8, 4) is 11.3 Å². The lowest BCUT2D eigenvalue weighted by atomic mass is 9.96. The van der Waals surface area contributed by atoms with Crippen LogP contribution in [0.5, 0.6) is 0 Å². The lowest BCUT2D eigenvalue weighted by Gasteiger charge is -2.32. The number of thiazole rings is 1. The highest BCUT2D eigenvalue weighted by atomic mass is 32.1. The number of hydrogen-bond donors (Lipinski definition) is 0. The van der Waals surface area contributed by atoms with Crippen molar-refractivity contribution in [3.05, 3.63) is 42.2 Å². The van der Waals surface area contributed by atoms with Gasteiger partial charge in [-0.15, -0.1) is 0 Å². The molecule has 2 aromatic heterocycles. The second-order valence-corrected chi connectivity index (χ2v) is 7.98. The average Bonchev–Trinajstić information content (AvgIpc) is 3.10. The molecule has 1 saturated heterocycles. The van der Waals surface area contributed by atoms with Crippen molar-refractivity contribution in [2.45, 2.75) is 12.8 Å². The van der Waals surface area contributed by atoms with E-state index in [4.69, 9.17) is 4.98 Å². The van der Waals surface area contributed by atoms with Gasteiger partial charge in [-0.1, -0.05) is 23.5 Å². The molecule has 1 amide bonds. The van der Waals surface area contributed by atoms with E-state index in [1.54, 1.807) is 22.3 Å². The number of aromatic nitrogens is 2. The van der Waals surface area contributed by atoms with E-state index in [2.05, 4.69) is 9.88 Å². The molecule has 3 aromatic rings. The molecule has 1 fully saturated rings. The summed E-state index contributed by atoms with van der Waals surface area (Å²) in [7, 11) is 3.62. The van der Waals surface area contributed by atoms with E-state index in [-0.39, 0.29) is 17.6 Å². The molecule has 0 bridgehead atoms. The number of carbonyl (C=O) groups is 1. The minimum Gasteiger partial charge on any atom is -0.349 e. The summed E-state index contributed by atoms with van der Waals surface area (Å²) in [5, 5.41) is 0.935. The van der Waals surface area contributed by atoms with Gasteiger partial charge >= 0.3 is 0 Å². The van der Waals surface area contributed by atoms with Crippen molar-refractivity contribution in [1.82, 2.24) is 14.9 Å². The van der Waals surface area contributed by atoms with Crippen LogP contribution in [0.3, 0.4) is 0 Å². The molecule has 0 spiro atoms. The van der Waals surface area contributed by atoms with Gasteiger partial charge in [0.25, 0.3) is 0 Å². The summed E-state index contributed by atoms with van der Waals surface area (Å²) in [6, 6.07) is 10.3. The highest BCUT2D eigenvalue weighted by molar-refractivity contribution is 7.21. The standard InChI is InChI=1S/C20H21FN4OS/c1-24(2)19(26)13-8-10-25(11-9-13)20-23-17-7-6-16(22-18(17)27-20)14-4-3-5-15(21)12-14/h3-7,12-13H,8-11H2,1-2H3. The van der Waals surface area contributed by atoms with Crippen LogP contribution in [-0.2, 0) is 4.79 Å². The molecule has 0 saturated carbocycles. The normalized spacial score (nSPS) is 15.3. The Hall–Kier alpha value is -2.54. The Balaban J connectivity index is 1.53. The molecular formula is C20H21FN4OS. The number of halogens is 1. The number of fused-ring (bicyclic) bond motifs is 1. The number of pyridine rings is 1.